The highest BCUT2D eigenvalue weighted by Crippen LogP contribution is 2.17. The molecule has 11 heteroatoms. The predicted molar refractivity (Wildman–Crippen MR) is 130 cm³/mol. The second-order valence-electron chi connectivity index (χ2n) is 9.14. The Morgan fingerprint density at radius 3 is 2.60 bits per heavy atom. The number of H-pyrrole nitrogens is 1. The normalized spacial score (nSPS) is 13.1. The Hall–Kier alpha value is -3.99. The summed E-state index contributed by atoms with van der Waals surface area (Å²) in [5.74, 6) is -0.920. The molecule has 4 N–H and O–H groups in total. The Morgan fingerprint density at radius 1 is 1.14 bits per heavy atom. The molecule has 3 aromatic rings. The zero-order valence-electron chi connectivity index (χ0n) is 20.2. The third-order valence-corrected chi connectivity index (χ3v) is 4.80. The van der Waals surface area contributed by atoms with Crippen LogP contribution in [0.2, 0.25) is 0 Å². The van der Waals surface area contributed by atoms with Crippen molar-refractivity contribution in [2.24, 2.45) is 5.73 Å². The summed E-state index contributed by atoms with van der Waals surface area (Å²) in [6, 6.07) is 10.1. The summed E-state index contributed by atoms with van der Waals surface area (Å²) >= 11 is 0. The summed E-state index contributed by atoms with van der Waals surface area (Å²) in [7, 11) is 0. The lowest BCUT2D eigenvalue weighted by molar-refractivity contribution is -0.150. The van der Waals surface area contributed by atoms with Gasteiger partial charge in [0.25, 0.3) is 5.91 Å². The summed E-state index contributed by atoms with van der Waals surface area (Å²) in [5.41, 5.74) is 4.69. The number of nitrogens with one attached hydrogen (secondary N) is 2. The smallest absolute Gasteiger partial charge is 0.416 e. The highest BCUT2D eigenvalue weighted by atomic mass is 16.6. The molecule has 1 aromatic carbocycles. The fourth-order valence-electron chi connectivity index (χ4n) is 3.11. The summed E-state index contributed by atoms with van der Waals surface area (Å²) in [4.78, 5) is 43.4. The van der Waals surface area contributed by atoms with E-state index in [0.717, 1.165) is 10.9 Å². The number of esters is 1. The second-order valence-corrected chi connectivity index (χ2v) is 9.14. The van der Waals surface area contributed by atoms with Gasteiger partial charge in [-0.05, 0) is 64.4 Å². The predicted octanol–water partition coefficient (Wildman–Crippen LogP) is 2.74. The van der Waals surface area contributed by atoms with Gasteiger partial charge in [-0.15, -0.1) is 0 Å². The van der Waals surface area contributed by atoms with Crippen LogP contribution in [0.25, 0.3) is 10.9 Å². The molecule has 0 saturated heterocycles. The number of nitrogens with two attached hydrogens (primary N) is 1. The minimum absolute atomic E-state index is 0.0331. The lowest BCUT2D eigenvalue weighted by atomic mass is 10.1. The van der Waals surface area contributed by atoms with Crippen LogP contribution in [0, 0.1) is 0 Å². The SMILES string of the molecule is CC(C)(C)OC(=O)N(CCCOC(=O)C(C)(N)NC(=O)c1ccc2[nH]ncc2c1)c1ccccn1. The van der Waals surface area contributed by atoms with Gasteiger partial charge in [0, 0.05) is 23.7 Å². The van der Waals surface area contributed by atoms with Gasteiger partial charge in [-0.3, -0.25) is 20.5 Å². The van der Waals surface area contributed by atoms with Crippen LogP contribution in [0.15, 0.2) is 48.8 Å². The molecule has 2 amide bonds. The van der Waals surface area contributed by atoms with E-state index in [1.807, 2.05) is 0 Å². The molecule has 0 spiro atoms. The molecule has 0 fully saturated rings. The Morgan fingerprint density at radius 2 is 1.91 bits per heavy atom. The van der Waals surface area contributed by atoms with Crippen molar-refractivity contribution < 1.29 is 23.9 Å². The standard InChI is InChI=1S/C24H30N6O5/c1-23(2,3)35-22(33)30(19-8-5-6-11-26-19)12-7-13-34-21(32)24(4,25)28-20(31)16-9-10-18-17(14-16)15-27-29-18/h5-6,8-11,14-15H,7,12-13,25H2,1-4H3,(H,27,29)(H,28,31). The van der Waals surface area contributed by atoms with E-state index < -0.39 is 29.2 Å². The van der Waals surface area contributed by atoms with E-state index >= 15 is 0 Å². The third-order valence-electron chi connectivity index (χ3n) is 4.80. The van der Waals surface area contributed by atoms with Crippen molar-refractivity contribution >= 4 is 34.7 Å². The van der Waals surface area contributed by atoms with Crippen LogP contribution in [0.1, 0.15) is 44.5 Å². The monoisotopic (exact) mass is 482 g/mol. The van der Waals surface area contributed by atoms with Gasteiger partial charge in [-0.2, -0.15) is 5.10 Å². The number of pyridine rings is 1. The van der Waals surface area contributed by atoms with E-state index in [0.29, 0.717) is 17.8 Å². The molecule has 1 atom stereocenters. The number of hydrogen-bond acceptors (Lipinski definition) is 8. The lowest BCUT2D eigenvalue weighted by Crippen LogP contribution is -2.60. The number of carbonyl (C=O) groups excluding carboxylic acids is 3. The number of hydrogen-bond donors (Lipinski definition) is 3. The van der Waals surface area contributed by atoms with Crippen LogP contribution in [0.5, 0.6) is 0 Å². The summed E-state index contributed by atoms with van der Waals surface area (Å²) < 4.78 is 10.7. The quantitative estimate of drug-likeness (QED) is 0.252. The molecule has 0 saturated carbocycles. The van der Waals surface area contributed by atoms with Crippen molar-refractivity contribution in [2.75, 3.05) is 18.1 Å². The first-order valence-corrected chi connectivity index (χ1v) is 11.1. The molecule has 3 rings (SSSR count). The number of fused-ring (bicyclic) bond motifs is 1. The molecule has 35 heavy (non-hydrogen) atoms. The fraction of sp³-hybridized carbons (Fsp3) is 0.375. The number of carbonyl (C=O) groups is 3. The first-order chi connectivity index (χ1) is 16.5. The van der Waals surface area contributed by atoms with Gasteiger partial charge in [-0.25, -0.2) is 14.6 Å². The highest BCUT2D eigenvalue weighted by molar-refractivity contribution is 6.00. The van der Waals surface area contributed by atoms with E-state index in [1.165, 1.54) is 11.8 Å². The minimum atomic E-state index is -1.76. The van der Waals surface area contributed by atoms with Gasteiger partial charge in [0.15, 0.2) is 5.66 Å². The molecule has 0 aliphatic rings. The van der Waals surface area contributed by atoms with Crippen LogP contribution < -0.4 is 16.0 Å². The number of rotatable bonds is 8. The average molecular weight is 483 g/mol. The lowest BCUT2D eigenvalue weighted by Gasteiger charge is -2.27. The van der Waals surface area contributed by atoms with Gasteiger partial charge in [0.05, 0.1) is 18.3 Å². The zero-order chi connectivity index (χ0) is 25.6. The molecule has 0 aliphatic heterocycles. The molecule has 1 unspecified atom stereocenters. The molecule has 0 bridgehead atoms. The number of amides is 2. The molecule has 2 aromatic heterocycles. The largest absolute Gasteiger partial charge is 0.463 e. The van der Waals surface area contributed by atoms with Crippen LogP contribution in [-0.2, 0) is 14.3 Å². The van der Waals surface area contributed by atoms with Crippen molar-refractivity contribution in [3.05, 3.63) is 54.4 Å². The zero-order valence-corrected chi connectivity index (χ0v) is 20.2. The number of benzene rings is 1. The van der Waals surface area contributed by atoms with Gasteiger partial charge < -0.3 is 14.8 Å². The number of ether oxygens (including phenoxy) is 2. The molecule has 186 valence electrons. The van der Waals surface area contributed by atoms with E-state index in [9.17, 15) is 14.4 Å². The number of anilines is 1. The molecule has 0 radical (unpaired) electrons. The Bertz CT molecular complexity index is 1190. The van der Waals surface area contributed by atoms with Crippen LogP contribution in [0.4, 0.5) is 10.6 Å². The van der Waals surface area contributed by atoms with E-state index in [1.54, 1.807) is 69.6 Å². The molecule has 2 heterocycles. The van der Waals surface area contributed by atoms with Gasteiger partial charge in [0.2, 0.25) is 0 Å². The summed E-state index contributed by atoms with van der Waals surface area (Å²) in [5, 5.41) is 9.95. The molecular formula is C24H30N6O5. The molecular weight excluding hydrogens is 452 g/mol. The second kappa shape index (κ2) is 10.5. The molecule has 0 aliphatic carbocycles. The first-order valence-electron chi connectivity index (χ1n) is 11.1. The van der Waals surface area contributed by atoms with Crippen molar-refractivity contribution in [1.29, 1.82) is 0 Å². The van der Waals surface area contributed by atoms with Crippen molar-refractivity contribution in [3.8, 4) is 0 Å². The maximum absolute atomic E-state index is 12.6. The van der Waals surface area contributed by atoms with E-state index in [2.05, 4.69) is 20.5 Å². The van der Waals surface area contributed by atoms with Gasteiger partial charge in [0.1, 0.15) is 11.4 Å². The fourth-order valence-corrected chi connectivity index (χ4v) is 3.11. The molecule has 11 nitrogen and oxygen atoms in total. The highest BCUT2D eigenvalue weighted by Gasteiger charge is 2.32. The number of aromatic amines is 1. The van der Waals surface area contributed by atoms with Crippen LogP contribution >= 0.6 is 0 Å². The minimum Gasteiger partial charge on any atom is -0.463 e. The number of nitrogens with zero attached hydrogens (tertiary/aromatic N) is 3. The Labute approximate surface area is 203 Å². The van der Waals surface area contributed by atoms with Crippen molar-refractivity contribution in [3.63, 3.8) is 0 Å². The Balaban J connectivity index is 1.55. The van der Waals surface area contributed by atoms with Gasteiger partial charge >= 0.3 is 12.1 Å². The van der Waals surface area contributed by atoms with Gasteiger partial charge in [-0.1, -0.05) is 6.07 Å². The third kappa shape index (κ3) is 7.00. The van der Waals surface area contributed by atoms with Crippen LogP contribution in [0.3, 0.4) is 0 Å². The Kier molecular flexibility index (Phi) is 7.70. The van der Waals surface area contributed by atoms with E-state index in [-0.39, 0.29) is 13.2 Å². The maximum Gasteiger partial charge on any atom is 0.416 e. The van der Waals surface area contributed by atoms with Crippen molar-refractivity contribution in [1.82, 2.24) is 20.5 Å². The topological polar surface area (TPSA) is 153 Å². The first kappa shape index (κ1) is 25.6. The summed E-state index contributed by atoms with van der Waals surface area (Å²) in [6.45, 7) is 6.82. The average Bonchev–Trinajstić information content (AvgIpc) is 3.26. The number of aromatic nitrogens is 3. The van der Waals surface area contributed by atoms with Crippen molar-refractivity contribution in [2.45, 2.75) is 45.4 Å². The van der Waals surface area contributed by atoms with E-state index in [4.69, 9.17) is 15.2 Å². The van der Waals surface area contributed by atoms with Crippen LogP contribution in [-0.4, -0.2) is 57.6 Å². The summed E-state index contributed by atoms with van der Waals surface area (Å²) in [6.07, 6.45) is 2.89. The maximum atomic E-state index is 12.6.